The van der Waals surface area contributed by atoms with Gasteiger partial charge in [-0.2, -0.15) is 0 Å². The number of nitrogen functional groups attached to an aromatic ring is 1. The quantitative estimate of drug-likeness (QED) is 0.612. The number of fused-ring (bicyclic) bond motifs is 1. The van der Waals surface area contributed by atoms with Gasteiger partial charge in [0.05, 0.1) is 22.3 Å². The number of anilines is 1. The number of hydrogen-bond donors (Lipinski definition) is 2. The van der Waals surface area contributed by atoms with Crippen molar-refractivity contribution in [3.63, 3.8) is 0 Å². The van der Waals surface area contributed by atoms with Crippen LogP contribution >= 0.6 is 0 Å². The average molecular weight is 500 g/mol. The number of benzene rings is 1. The molecule has 1 unspecified atom stereocenters. The average Bonchev–Trinajstić information content (AvgIpc) is 3.62. The fourth-order valence-corrected chi connectivity index (χ4v) is 5.77. The van der Waals surface area contributed by atoms with E-state index in [-0.39, 0.29) is 40.0 Å². The standard InChI is InChI=1S/C24H29N5O5S/c1-13(14-3-4-14)29-12-16-9-15(10-19(35(2,32)33)20(16)24(29)31)18-11-26-22(25)21(28-18)23(30)27-17-5-7-34-8-6-17/h9-11,13-14,17H,3-8,12H2,1-2H3,(H2,25,26)(H,27,30). The van der Waals surface area contributed by atoms with E-state index >= 15 is 0 Å². The number of carbonyl (C=O) groups excluding carboxylic acids is 2. The molecule has 3 N–H and O–H groups in total. The Labute approximate surface area is 204 Å². The monoisotopic (exact) mass is 499 g/mol. The Bertz CT molecular complexity index is 1300. The predicted molar refractivity (Wildman–Crippen MR) is 128 cm³/mol. The molecule has 1 saturated carbocycles. The highest BCUT2D eigenvalue weighted by Crippen LogP contribution is 2.40. The third-order valence-electron chi connectivity index (χ3n) is 7.06. The highest BCUT2D eigenvalue weighted by molar-refractivity contribution is 7.90. The third kappa shape index (κ3) is 4.62. The van der Waals surface area contributed by atoms with Crippen molar-refractivity contribution in [3.05, 3.63) is 35.2 Å². The SMILES string of the molecule is CC(C1CC1)N1Cc2cc(-c3cnc(N)c(C(=O)NC4CCOCC4)n3)cc(S(C)(=O)=O)c2C1=O. The zero-order valence-corrected chi connectivity index (χ0v) is 20.6. The van der Waals surface area contributed by atoms with Crippen LogP contribution in [0.4, 0.5) is 5.82 Å². The normalized spacial score (nSPS) is 19.5. The number of nitrogens with one attached hydrogen (secondary N) is 1. The molecule has 2 aromatic rings. The van der Waals surface area contributed by atoms with Crippen molar-refractivity contribution in [2.75, 3.05) is 25.2 Å². The molecule has 1 atom stereocenters. The van der Waals surface area contributed by atoms with Crippen LogP contribution in [0, 0.1) is 5.92 Å². The van der Waals surface area contributed by atoms with Gasteiger partial charge in [0.2, 0.25) is 0 Å². The van der Waals surface area contributed by atoms with Crippen LogP contribution in [0.5, 0.6) is 0 Å². The van der Waals surface area contributed by atoms with Crippen molar-refractivity contribution in [3.8, 4) is 11.3 Å². The number of rotatable bonds is 6. The van der Waals surface area contributed by atoms with Crippen LogP contribution < -0.4 is 11.1 Å². The van der Waals surface area contributed by atoms with E-state index < -0.39 is 15.7 Å². The summed E-state index contributed by atoms with van der Waals surface area (Å²) in [6.45, 7) is 3.49. The molecule has 35 heavy (non-hydrogen) atoms. The van der Waals surface area contributed by atoms with Gasteiger partial charge in [0.25, 0.3) is 11.8 Å². The van der Waals surface area contributed by atoms with Gasteiger partial charge in [0, 0.05) is 43.7 Å². The number of ether oxygens (including phenoxy) is 1. The van der Waals surface area contributed by atoms with Crippen LogP contribution in [0.3, 0.4) is 0 Å². The predicted octanol–water partition coefficient (Wildman–Crippen LogP) is 1.79. The number of hydrogen-bond acceptors (Lipinski definition) is 8. The van der Waals surface area contributed by atoms with E-state index in [0.29, 0.717) is 55.3 Å². The van der Waals surface area contributed by atoms with Crippen LogP contribution in [0.2, 0.25) is 0 Å². The summed E-state index contributed by atoms with van der Waals surface area (Å²) in [5.74, 6) is -0.254. The maximum absolute atomic E-state index is 13.2. The van der Waals surface area contributed by atoms with E-state index in [1.54, 1.807) is 11.0 Å². The molecule has 1 aromatic carbocycles. The second kappa shape index (κ2) is 8.87. The van der Waals surface area contributed by atoms with Crippen molar-refractivity contribution in [1.29, 1.82) is 0 Å². The van der Waals surface area contributed by atoms with Crippen LogP contribution in [0.1, 0.15) is 59.0 Å². The number of amides is 2. The minimum Gasteiger partial charge on any atom is -0.382 e. The van der Waals surface area contributed by atoms with E-state index in [1.165, 1.54) is 12.3 Å². The van der Waals surface area contributed by atoms with Crippen LogP contribution in [0.25, 0.3) is 11.3 Å². The zero-order chi connectivity index (χ0) is 24.9. The van der Waals surface area contributed by atoms with Crippen molar-refractivity contribution < 1.29 is 22.7 Å². The summed E-state index contributed by atoms with van der Waals surface area (Å²) in [6.07, 6.45) is 6.05. The molecule has 0 bridgehead atoms. The highest BCUT2D eigenvalue weighted by atomic mass is 32.2. The smallest absolute Gasteiger partial charge is 0.273 e. The van der Waals surface area contributed by atoms with E-state index in [9.17, 15) is 18.0 Å². The minimum absolute atomic E-state index is 0.0117. The Balaban J connectivity index is 1.51. The lowest BCUT2D eigenvalue weighted by Gasteiger charge is -2.24. The summed E-state index contributed by atoms with van der Waals surface area (Å²) < 4.78 is 30.7. The molecule has 0 radical (unpaired) electrons. The van der Waals surface area contributed by atoms with Gasteiger partial charge in [-0.1, -0.05) is 0 Å². The molecule has 3 aliphatic rings. The Morgan fingerprint density at radius 2 is 1.94 bits per heavy atom. The molecular formula is C24H29N5O5S. The largest absolute Gasteiger partial charge is 0.382 e. The van der Waals surface area contributed by atoms with E-state index in [4.69, 9.17) is 10.5 Å². The lowest BCUT2D eigenvalue weighted by Crippen LogP contribution is -2.39. The Morgan fingerprint density at radius 3 is 2.60 bits per heavy atom. The molecule has 186 valence electrons. The third-order valence-corrected chi connectivity index (χ3v) is 8.18. The van der Waals surface area contributed by atoms with E-state index in [0.717, 1.165) is 19.1 Å². The molecule has 2 fully saturated rings. The van der Waals surface area contributed by atoms with Crippen LogP contribution in [-0.2, 0) is 21.1 Å². The summed E-state index contributed by atoms with van der Waals surface area (Å²) in [4.78, 5) is 36.4. The molecule has 3 heterocycles. The topological polar surface area (TPSA) is 145 Å². The van der Waals surface area contributed by atoms with Gasteiger partial charge in [-0.15, -0.1) is 0 Å². The first-order valence-electron chi connectivity index (χ1n) is 11.8. The fourth-order valence-electron chi connectivity index (χ4n) is 4.84. The molecule has 11 heteroatoms. The van der Waals surface area contributed by atoms with Gasteiger partial charge in [0.1, 0.15) is 0 Å². The van der Waals surface area contributed by atoms with Gasteiger partial charge in [0.15, 0.2) is 21.3 Å². The first-order chi connectivity index (χ1) is 16.6. The molecule has 5 rings (SSSR count). The van der Waals surface area contributed by atoms with Gasteiger partial charge >= 0.3 is 0 Å². The zero-order valence-electron chi connectivity index (χ0n) is 19.8. The number of carbonyl (C=O) groups is 2. The fraction of sp³-hybridized carbons (Fsp3) is 0.500. The molecule has 1 aliphatic carbocycles. The van der Waals surface area contributed by atoms with E-state index in [1.807, 2.05) is 6.92 Å². The Kier molecular flexibility index (Phi) is 6.00. The minimum atomic E-state index is -3.71. The number of aromatic nitrogens is 2. The molecular weight excluding hydrogens is 470 g/mol. The maximum Gasteiger partial charge on any atom is 0.273 e. The Morgan fingerprint density at radius 1 is 1.23 bits per heavy atom. The maximum atomic E-state index is 13.2. The number of nitrogens with two attached hydrogens (primary N) is 1. The first-order valence-corrected chi connectivity index (χ1v) is 13.7. The van der Waals surface area contributed by atoms with Gasteiger partial charge < -0.3 is 20.7 Å². The molecule has 1 aromatic heterocycles. The highest BCUT2D eigenvalue weighted by Gasteiger charge is 2.41. The van der Waals surface area contributed by atoms with Crippen LogP contribution in [-0.4, -0.2) is 66.7 Å². The van der Waals surface area contributed by atoms with Crippen molar-refractivity contribution in [1.82, 2.24) is 20.2 Å². The summed E-state index contributed by atoms with van der Waals surface area (Å²) >= 11 is 0. The Hall–Kier alpha value is -3.05. The number of nitrogens with zero attached hydrogens (tertiary/aromatic N) is 3. The van der Waals surface area contributed by atoms with Crippen molar-refractivity contribution in [2.45, 2.75) is 56.1 Å². The molecule has 0 spiro atoms. The van der Waals surface area contributed by atoms with Crippen LogP contribution in [0.15, 0.2) is 23.2 Å². The lowest BCUT2D eigenvalue weighted by molar-refractivity contribution is 0.0687. The van der Waals surface area contributed by atoms with Crippen molar-refractivity contribution >= 4 is 27.5 Å². The lowest BCUT2D eigenvalue weighted by atomic mass is 10.0. The second-order valence-electron chi connectivity index (χ2n) is 9.64. The summed E-state index contributed by atoms with van der Waals surface area (Å²) in [5.41, 5.74) is 7.57. The second-order valence-corrected chi connectivity index (χ2v) is 11.6. The molecule has 2 aliphatic heterocycles. The number of sulfone groups is 1. The molecule has 2 amide bonds. The van der Waals surface area contributed by atoms with Gasteiger partial charge in [-0.25, -0.2) is 18.4 Å². The summed E-state index contributed by atoms with van der Waals surface area (Å²) in [7, 11) is -3.71. The van der Waals surface area contributed by atoms with E-state index in [2.05, 4.69) is 15.3 Å². The van der Waals surface area contributed by atoms with Gasteiger partial charge in [-0.05, 0) is 56.2 Å². The summed E-state index contributed by atoms with van der Waals surface area (Å²) in [6, 6.07) is 3.21. The van der Waals surface area contributed by atoms with Gasteiger partial charge in [-0.3, -0.25) is 9.59 Å². The first kappa shape index (κ1) is 23.7. The molecule has 10 nitrogen and oxygen atoms in total. The summed E-state index contributed by atoms with van der Waals surface area (Å²) in [5, 5.41) is 2.92. The molecule has 1 saturated heterocycles. The van der Waals surface area contributed by atoms with Crippen molar-refractivity contribution in [2.24, 2.45) is 5.92 Å².